The minimum Gasteiger partial charge on any atom is -0.497 e. The third-order valence-corrected chi connectivity index (χ3v) is 5.04. The van der Waals surface area contributed by atoms with Crippen LogP contribution in [0.1, 0.15) is 12.5 Å². The Labute approximate surface area is 176 Å². The number of carbonyl (C=O) groups excluding carboxylic acids is 2. The molecule has 31 heavy (non-hydrogen) atoms. The molecule has 4 aromatic rings. The Balaban J connectivity index is 1.91. The number of nitrogens with two attached hydrogens (primary N) is 1. The van der Waals surface area contributed by atoms with Crippen molar-refractivity contribution in [3.8, 4) is 17.1 Å². The Hall–Kier alpha value is -4.07. The van der Waals surface area contributed by atoms with Crippen molar-refractivity contribution in [2.45, 2.75) is 19.4 Å². The summed E-state index contributed by atoms with van der Waals surface area (Å²) in [6.07, 6.45) is -0.199. The lowest BCUT2D eigenvalue weighted by Gasteiger charge is -2.10. The van der Waals surface area contributed by atoms with Crippen LogP contribution in [0.2, 0.25) is 0 Å². The molecule has 0 unspecified atom stereocenters. The van der Waals surface area contributed by atoms with Gasteiger partial charge >= 0.3 is 5.63 Å². The van der Waals surface area contributed by atoms with Gasteiger partial charge in [-0.3, -0.25) is 9.59 Å². The van der Waals surface area contributed by atoms with Crippen molar-refractivity contribution in [2.24, 2.45) is 5.73 Å². The maximum absolute atomic E-state index is 12.8. The highest BCUT2D eigenvalue weighted by Gasteiger charge is 2.25. The zero-order chi connectivity index (χ0) is 22.1. The lowest BCUT2D eigenvalue weighted by molar-refractivity contribution is -0.126. The van der Waals surface area contributed by atoms with Gasteiger partial charge in [-0.25, -0.2) is 4.79 Å². The normalized spacial score (nSPS) is 12.1. The highest BCUT2D eigenvalue weighted by atomic mass is 16.5. The van der Waals surface area contributed by atoms with Crippen molar-refractivity contribution in [3.05, 3.63) is 64.5 Å². The van der Waals surface area contributed by atoms with E-state index >= 15 is 0 Å². The molecule has 0 saturated carbocycles. The molecule has 1 atom stereocenters. The van der Waals surface area contributed by atoms with Gasteiger partial charge in [0, 0.05) is 11.1 Å². The first kappa shape index (κ1) is 20.2. The molecular weight excluding hydrogens is 400 g/mol. The second kappa shape index (κ2) is 7.98. The van der Waals surface area contributed by atoms with Crippen LogP contribution in [0.5, 0.6) is 5.75 Å². The Morgan fingerprint density at radius 2 is 1.81 bits per heavy atom. The van der Waals surface area contributed by atoms with E-state index in [0.29, 0.717) is 39.2 Å². The number of hydrogen-bond acceptors (Lipinski definition) is 6. The molecule has 2 aromatic heterocycles. The number of ether oxygens (including phenoxy) is 1. The van der Waals surface area contributed by atoms with Crippen molar-refractivity contribution in [3.63, 3.8) is 0 Å². The molecule has 158 valence electrons. The molecule has 0 radical (unpaired) electrons. The minimum absolute atomic E-state index is 0.186. The van der Waals surface area contributed by atoms with Gasteiger partial charge in [-0.05, 0) is 43.3 Å². The van der Waals surface area contributed by atoms with E-state index in [-0.39, 0.29) is 11.8 Å². The highest BCUT2D eigenvalue weighted by Crippen LogP contribution is 2.36. The summed E-state index contributed by atoms with van der Waals surface area (Å²) in [5.41, 5.74) is 6.37. The van der Waals surface area contributed by atoms with E-state index in [2.05, 4.69) is 5.32 Å². The summed E-state index contributed by atoms with van der Waals surface area (Å²) in [6.45, 7) is 1.49. The number of carbonyl (C=O) groups is 2. The number of nitrogens with one attached hydrogen (secondary N) is 1. The number of hydrogen-bond donors (Lipinski definition) is 2. The molecule has 8 nitrogen and oxygen atoms in total. The number of rotatable bonds is 6. The smallest absolute Gasteiger partial charge is 0.347 e. The standard InChI is InChI=1S/C23H20N2O6/c1-12(22(24)27)25-18(26)11-16-19-21(15-5-3-4-6-17(15)30-23(19)28)31-20(16)13-7-9-14(29-2)10-8-13/h3-10,12H,11H2,1-2H3,(H2,24,27)(H,25,26)/t12-/m0/s1. The lowest BCUT2D eigenvalue weighted by atomic mass is 10.0. The third-order valence-electron chi connectivity index (χ3n) is 5.04. The summed E-state index contributed by atoms with van der Waals surface area (Å²) in [4.78, 5) is 36.7. The largest absolute Gasteiger partial charge is 0.497 e. The topological polar surface area (TPSA) is 125 Å². The molecule has 0 fully saturated rings. The summed E-state index contributed by atoms with van der Waals surface area (Å²) in [5, 5.41) is 3.33. The molecule has 0 aliphatic heterocycles. The number of amides is 2. The summed E-state index contributed by atoms with van der Waals surface area (Å²) in [6, 6.07) is 13.2. The fourth-order valence-electron chi connectivity index (χ4n) is 3.43. The maximum atomic E-state index is 12.8. The van der Waals surface area contributed by atoms with Gasteiger partial charge in [-0.2, -0.15) is 0 Å². The van der Waals surface area contributed by atoms with Crippen molar-refractivity contribution >= 4 is 33.8 Å². The molecule has 0 aliphatic carbocycles. The lowest BCUT2D eigenvalue weighted by Crippen LogP contribution is -2.42. The molecule has 2 aromatic carbocycles. The SMILES string of the molecule is COc1ccc(-c2oc3c(c2CC(=O)N[C@@H](C)C(N)=O)c(=O)oc2ccccc23)cc1. The Morgan fingerprint density at radius 3 is 2.48 bits per heavy atom. The number of furan rings is 1. The monoisotopic (exact) mass is 420 g/mol. The second-order valence-corrected chi connectivity index (χ2v) is 7.10. The van der Waals surface area contributed by atoms with Crippen LogP contribution >= 0.6 is 0 Å². The van der Waals surface area contributed by atoms with E-state index in [1.165, 1.54) is 6.92 Å². The Kier molecular flexibility index (Phi) is 5.21. The first-order valence-electron chi connectivity index (χ1n) is 9.59. The van der Waals surface area contributed by atoms with Gasteiger partial charge in [0.15, 0.2) is 5.58 Å². The fraction of sp³-hybridized carbons (Fsp3) is 0.174. The summed E-state index contributed by atoms with van der Waals surface area (Å²) in [5.74, 6) is -0.120. The first-order chi connectivity index (χ1) is 14.9. The maximum Gasteiger partial charge on any atom is 0.347 e. The average molecular weight is 420 g/mol. The first-order valence-corrected chi connectivity index (χ1v) is 9.59. The highest BCUT2D eigenvalue weighted by molar-refractivity contribution is 6.05. The molecule has 0 saturated heterocycles. The van der Waals surface area contributed by atoms with Crippen molar-refractivity contribution < 1.29 is 23.2 Å². The van der Waals surface area contributed by atoms with E-state index in [0.717, 1.165) is 0 Å². The van der Waals surface area contributed by atoms with Gasteiger partial charge in [0.05, 0.1) is 18.9 Å². The average Bonchev–Trinajstić information content (AvgIpc) is 3.13. The van der Waals surface area contributed by atoms with Gasteiger partial charge in [0.2, 0.25) is 11.8 Å². The van der Waals surface area contributed by atoms with Gasteiger partial charge in [0.25, 0.3) is 0 Å². The van der Waals surface area contributed by atoms with E-state index in [1.807, 2.05) is 0 Å². The molecule has 4 rings (SSSR count). The van der Waals surface area contributed by atoms with Crippen LogP contribution in [0.3, 0.4) is 0 Å². The summed E-state index contributed by atoms with van der Waals surface area (Å²) in [7, 11) is 1.56. The number of fused-ring (bicyclic) bond motifs is 3. The van der Waals surface area contributed by atoms with Gasteiger partial charge in [0.1, 0.15) is 28.5 Å². The number of methoxy groups -OCH3 is 1. The predicted molar refractivity (Wildman–Crippen MR) is 115 cm³/mol. The molecule has 3 N–H and O–H groups in total. The molecular formula is C23H20N2O6. The quantitative estimate of drug-likeness (QED) is 0.462. The van der Waals surface area contributed by atoms with E-state index in [9.17, 15) is 14.4 Å². The van der Waals surface area contributed by atoms with Gasteiger partial charge in [-0.1, -0.05) is 12.1 Å². The van der Waals surface area contributed by atoms with Crippen LogP contribution in [0.4, 0.5) is 0 Å². The number of para-hydroxylation sites is 1. The Bertz CT molecular complexity index is 1350. The van der Waals surface area contributed by atoms with Gasteiger partial charge in [-0.15, -0.1) is 0 Å². The Morgan fingerprint density at radius 1 is 1.10 bits per heavy atom. The van der Waals surface area contributed by atoms with Crippen LogP contribution in [0.25, 0.3) is 33.3 Å². The molecule has 0 bridgehead atoms. The van der Waals surface area contributed by atoms with Crippen LogP contribution < -0.4 is 21.4 Å². The fourth-order valence-corrected chi connectivity index (χ4v) is 3.43. The molecule has 0 spiro atoms. The van der Waals surface area contributed by atoms with Crippen LogP contribution in [-0.4, -0.2) is 25.0 Å². The molecule has 2 amide bonds. The molecule has 0 aliphatic rings. The summed E-state index contributed by atoms with van der Waals surface area (Å²) < 4.78 is 16.8. The van der Waals surface area contributed by atoms with Crippen molar-refractivity contribution in [1.82, 2.24) is 5.32 Å². The predicted octanol–water partition coefficient (Wildman–Crippen LogP) is 2.75. The van der Waals surface area contributed by atoms with Crippen molar-refractivity contribution in [2.75, 3.05) is 7.11 Å². The van der Waals surface area contributed by atoms with Crippen LogP contribution in [0.15, 0.2) is 62.2 Å². The third kappa shape index (κ3) is 3.75. The van der Waals surface area contributed by atoms with Gasteiger partial charge < -0.3 is 24.6 Å². The number of benzene rings is 2. The van der Waals surface area contributed by atoms with E-state index < -0.39 is 23.5 Å². The van der Waals surface area contributed by atoms with Crippen LogP contribution in [-0.2, 0) is 16.0 Å². The van der Waals surface area contributed by atoms with E-state index in [1.54, 1.807) is 55.6 Å². The minimum atomic E-state index is -0.854. The summed E-state index contributed by atoms with van der Waals surface area (Å²) >= 11 is 0. The second-order valence-electron chi connectivity index (χ2n) is 7.10. The van der Waals surface area contributed by atoms with Crippen molar-refractivity contribution in [1.29, 1.82) is 0 Å². The van der Waals surface area contributed by atoms with Crippen LogP contribution in [0, 0.1) is 0 Å². The zero-order valence-electron chi connectivity index (χ0n) is 16.9. The van der Waals surface area contributed by atoms with E-state index in [4.69, 9.17) is 19.3 Å². The molecule has 2 heterocycles. The number of primary amides is 1. The molecule has 8 heteroatoms. The zero-order valence-corrected chi connectivity index (χ0v) is 16.9.